The highest BCUT2D eigenvalue weighted by Crippen LogP contribution is 2.17. The van der Waals surface area contributed by atoms with E-state index in [1.165, 1.54) is 18.9 Å². The van der Waals surface area contributed by atoms with E-state index in [1.54, 1.807) is 6.92 Å². The Hall–Kier alpha value is -2.69. The zero-order chi connectivity index (χ0) is 26.4. The number of primary amides is 1. The summed E-state index contributed by atoms with van der Waals surface area (Å²) < 4.78 is 0. The third-order valence-electron chi connectivity index (χ3n) is 6.24. The number of unbranched alkanes of at least 4 members (excludes halogenated alkanes) is 2. The molecule has 0 aromatic carbocycles. The van der Waals surface area contributed by atoms with Gasteiger partial charge in [-0.05, 0) is 58.0 Å². The Morgan fingerprint density at radius 3 is 2.37 bits per heavy atom. The van der Waals surface area contributed by atoms with Gasteiger partial charge in [-0.1, -0.05) is 19.8 Å². The van der Waals surface area contributed by atoms with Crippen molar-refractivity contribution < 1.29 is 24.0 Å². The van der Waals surface area contributed by atoms with Gasteiger partial charge in [-0.25, -0.2) is 0 Å². The van der Waals surface area contributed by atoms with Gasteiger partial charge in [0, 0.05) is 26.4 Å². The Labute approximate surface area is 208 Å². The predicted octanol–water partition coefficient (Wildman–Crippen LogP) is -0.358. The van der Waals surface area contributed by atoms with Crippen LogP contribution >= 0.6 is 0 Å². The minimum absolute atomic E-state index is 0.0520. The number of amides is 5. The molecule has 1 unspecified atom stereocenters. The normalized spacial score (nSPS) is 18.0. The molecule has 4 atom stereocenters. The maximum absolute atomic E-state index is 12.9. The molecule has 6 N–H and O–H groups in total. The number of nitrogens with two attached hydrogens (primary N) is 1. The number of carbonyl (C=O) groups is 5. The van der Waals surface area contributed by atoms with Crippen LogP contribution in [0.4, 0.5) is 0 Å². The molecular weight excluding hydrogens is 452 g/mol. The molecule has 0 aromatic heterocycles. The van der Waals surface area contributed by atoms with Gasteiger partial charge >= 0.3 is 0 Å². The molecule has 1 fully saturated rings. The van der Waals surface area contributed by atoms with E-state index in [4.69, 9.17) is 5.73 Å². The van der Waals surface area contributed by atoms with Gasteiger partial charge in [0.05, 0.1) is 6.54 Å². The summed E-state index contributed by atoms with van der Waals surface area (Å²) in [4.78, 5) is 61.7. The number of carbonyl (C=O) groups excluding carboxylic acids is 5. The van der Waals surface area contributed by atoms with E-state index >= 15 is 0 Å². The number of hydrogen-bond acceptors (Lipinski definition) is 6. The van der Waals surface area contributed by atoms with Crippen LogP contribution in [0.15, 0.2) is 0 Å². The van der Waals surface area contributed by atoms with Crippen molar-refractivity contribution in [2.45, 2.75) is 77.8 Å². The first-order valence-corrected chi connectivity index (χ1v) is 12.6. The number of piperidine rings is 1. The lowest BCUT2D eigenvalue weighted by molar-refractivity contribution is -0.138. The Balaban J connectivity index is 2.59. The lowest BCUT2D eigenvalue weighted by Crippen LogP contribution is -2.55. The van der Waals surface area contributed by atoms with E-state index < -0.39 is 23.9 Å². The van der Waals surface area contributed by atoms with Crippen LogP contribution in [0, 0.1) is 11.8 Å². The monoisotopic (exact) mass is 496 g/mol. The van der Waals surface area contributed by atoms with E-state index in [0.29, 0.717) is 19.4 Å². The second kappa shape index (κ2) is 16.1. The van der Waals surface area contributed by atoms with Crippen LogP contribution in [0.1, 0.15) is 65.7 Å². The van der Waals surface area contributed by atoms with Crippen LogP contribution < -0.4 is 27.0 Å². The summed E-state index contributed by atoms with van der Waals surface area (Å²) in [5.41, 5.74) is 5.22. The molecule has 0 bridgehead atoms. The first-order chi connectivity index (χ1) is 16.5. The Morgan fingerprint density at radius 1 is 1.06 bits per heavy atom. The number of nitrogens with one attached hydrogen (secondary N) is 4. The number of likely N-dealkylation sites (N-methyl/N-ethyl adjacent to an activating group) is 1. The molecule has 0 aromatic rings. The molecule has 1 rings (SSSR count). The fourth-order valence-corrected chi connectivity index (χ4v) is 4.12. The molecule has 1 aliphatic heterocycles. The van der Waals surface area contributed by atoms with E-state index in [2.05, 4.69) is 21.3 Å². The van der Waals surface area contributed by atoms with Crippen molar-refractivity contribution in [2.75, 3.05) is 33.2 Å². The molecule has 0 radical (unpaired) electrons. The third-order valence-corrected chi connectivity index (χ3v) is 6.24. The van der Waals surface area contributed by atoms with E-state index in [9.17, 15) is 24.0 Å². The average Bonchev–Trinajstić information content (AvgIpc) is 2.80. The second-order valence-corrected chi connectivity index (χ2v) is 9.63. The Bertz CT molecular complexity index is 725. The largest absolute Gasteiger partial charge is 0.368 e. The number of hydrogen-bond donors (Lipinski definition) is 5. The minimum atomic E-state index is -0.814. The summed E-state index contributed by atoms with van der Waals surface area (Å²) in [6.07, 6.45) is 5.64. The summed E-state index contributed by atoms with van der Waals surface area (Å²) in [5.74, 6) is -1.78. The van der Waals surface area contributed by atoms with Gasteiger partial charge in [0.15, 0.2) is 0 Å². The van der Waals surface area contributed by atoms with Crippen molar-refractivity contribution in [1.82, 2.24) is 26.2 Å². The van der Waals surface area contributed by atoms with Crippen molar-refractivity contribution in [3.05, 3.63) is 0 Å². The van der Waals surface area contributed by atoms with E-state index in [0.717, 1.165) is 45.2 Å². The van der Waals surface area contributed by atoms with Crippen LogP contribution in [0.2, 0.25) is 0 Å². The van der Waals surface area contributed by atoms with Crippen molar-refractivity contribution in [1.29, 1.82) is 0 Å². The molecule has 0 saturated carbocycles. The summed E-state index contributed by atoms with van der Waals surface area (Å²) in [7, 11) is 1.48. The standard InChI is InChI=1S/C24H44N6O5/c1-16(9-6-5-7-12-27-18(3)31)22(33)28-17(2)23(34)29-20(13-19-10-8-11-26-14-19)24(35)30(4)15-21(25)32/h16-17,19-20,26H,5-15H2,1-4H3,(H2,25,32)(H,27,31)(H,28,33)(H,29,34)/t16-,17-,19?,20-/m0/s1. The lowest BCUT2D eigenvalue weighted by Gasteiger charge is -2.30. The minimum Gasteiger partial charge on any atom is -0.368 e. The van der Waals surface area contributed by atoms with Gasteiger partial charge in [-0.15, -0.1) is 0 Å². The van der Waals surface area contributed by atoms with Crippen LogP contribution in [0.5, 0.6) is 0 Å². The van der Waals surface area contributed by atoms with Crippen LogP contribution in [0.3, 0.4) is 0 Å². The van der Waals surface area contributed by atoms with Gasteiger partial charge in [0.25, 0.3) is 0 Å². The molecule has 200 valence electrons. The quantitative estimate of drug-likeness (QED) is 0.194. The highest BCUT2D eigenvalue weighted by molar-refractivity contribution is 5.93. The SMILES string of the molecule is CC(=O)NCCCCC[C@H](C)C(=O)N[C@@H](C)C(=O)N[C@@H](CC1CCCNC1)C(=O)N(C)CC(N)=O. The molecule has 1 saturated heterocycles. The number of rotatable bonds is 15. The molecule has 5 amide bonds. The third kappa shape index (κ3) is 12.5. The molecule has 0 spiro atoms. The summed E-state index contributed by atoms with van der Waals surface area (Å²) >= 11 is 0. The van der Waals surface area contributed by atoms with Crippen LogP contribution in [-0.4, -0.2) is 79.7 Å². The summed E-state index contributed by atoms with van der Waals surface area (Å²) in [6.45, 7) is 6.96. The molecule has 35 heavy (non-hydrogen) atoms. The van der Waals surface area contributed by atoms with Crippen LogP contribution in [-0.2, 0) is 24.0 Å². The second-order valence-electron chi connectivity index (χ2n) is 9.63. The predicted molar refractivity (Wildman–Crippen MR) is 133 cm³/mol. The van der Waals surface area contributed by atoms with Gasteiger partial charge in [-0.2, -0.15) is 0 Å². The molecule has 11 nitrogen and oxygen atoms in total. The molecule has 1 aliphatic rings. The molecule has 1 heterocycles. The van der Waals surface area contributed by atoms with E-state index in [-0.39, 0.29) is 36.1 Å². The zero-order valence-corrected chi connectivity index (χ0v) is 21.7. The van der Waals surface area contributed by atoms with E-state index in [1.807, 2.05) is 6.92 Å². The molecular formula is C24H44N6O5. The first kappa shape index (κ1) is 30.3. The number of nitrogens with zero attached hydrogens (tertiary/aromatic N) is 1. The van der Waals surface area contributed by atoms with Gasteiger partial charge in [0.1, 0.15) is 12.1 Å². The maximum atomic E-state index is 12.9. The fourth-order valence-electron chi connectivity index (χ4n) is 4.12. The van der Waals surface area contributed by atoms with Gasteiger partial charge in [0.2, 0.25) is 29.5 Å². The van der Waals surface area contributed by atoms with Gasteiger partial charge in [-0.3, -0.25) is 24.0 Å². The van der Waals surface area contributed by atoms with Crippen molar-refractivity contribution in [2.24, 2.45) is 17.6 Å². The topological polar surface area (TPSA) is 163 Å². The Morgan fingerprint density at radius 2 is 1.77 bits per heavy atom. The smallest absolute Gasteiger partial charge is 0.245 e. The maximum Gasteiger partial charge on any atom is 0.245 e. The lowest BCUT2D eigenvalue weighted by atomic mass is 9.91. The first-order valence-electron chi connectivity index (χ1n) is 12.6. The summed E-state index contributed by atoms with van der Waals surface area (Å²) in [5, 5.41) is 11.6. The zero-order valence-electron chi connectivity index (χ0n) is 21.7. The fraction of sp³-hybridized carbons (Fsp3) is 0.792. The Kier molecular flexibility index (Phi) is 13.9. The molecule has 11 heteroatoms. The van der Waals surface area contributed by atoms with Gasteiger partial charge < -0.3 is 31.9 Å². The van der Waals surface area contributed by atoms with Crippen molar-refractivity contribution in [3.63, 3.8) is 0 Å². The van der Waals surface area contributed by atoms with Crippen molar-refractivity contribution in [3.8, 4) is 0 Å². The average molecular weight is 497 g/mol. The summed E-state index contributed by atoms with van der Waals surface area (Å²) in [6, 6.07) is -1.62. The molecule has 0 aliphatic carbocycles. The van der Waals surface area contributed by atoms with Crippen molar-refractivity contribution >= 4 is 29.5 Å². The van der Waals surface area contributed by atoms with Crippen LogP contribution in [0.25, 0.3) is 0 Å². The highest BCUT2D eigenvalue weighted by atomic mass is 16.2. The highest BCUT2D eigenvalue weighted by Gasteiger charge is 2.30.